The fourth-order valence-electron chi connectivity index (χ4n) is 2.27. The summed E-state index contributed by atoms with van der Waals surface area (Å²) in [5.74, 6) is -0.365. The number of sulfonamides is 1. The molecule has 0 saturated heterocycles. The molecule has 0 heterocycles. The number of ether oxygens (including phenoxy) is 2. The molecule has 158 valence electrons. The van der Waals surface area contributed by atoms with Gasteiger partial charge in [-0.25, -0.2) is 12.8 Å². The van der Waals surface area contributed by atoms with Gasteiger partial charge in [-0.2, -0.15) is 0 Å². The summed E-state index contributed by atoms with van der Waals surface area (Å²) in [7, 11) is -3.82. The summed E-state index contributed by atoms with van der Waals surface area (Å²) in [4.78, 5) is 11.8. The Hall–Kier alpha value is -2.65. The Morgan fingerprint density at radius 2 is 1.72 bits per heavy atom. The van der Waals surface area contributed by atoms with Crippen LogP contribution in [0.2, 0.25) is 0 Å². The summed E-state index contributed by atoms with van der Waals surface area (Å²) in [5.41, 5.74) is 0.252. The number of hydrogen-bond donors (Lipinski definition) is 2. The lowest BCUT2D eigenvalue weighted by Crippen LogP contribution is -2.30. The molecular weight excluding hydrogens is 399 g/mol. The van der Waals surface area contributed by atoms with Crippen molar-refractivity contribution in [3.63, 3.8) is 0 Å². The van der Waals surface area contributed by atoms with Crippen LogP contribution in [0.5, 0.6) is 5.75 Å². The first-order valence-electron chi connectivity index (χ1n) is 9.16. The van der Waals surface area contributed by atoms with E-state index in [1.807, 2.05) is 13.8 Å². The lowest BCUT2D eigenvalue weighted by Gasteiger charge is -2.10. The molecule has 2 rings (SSSR count). The van der Waals surface area contributed by atoms with Gasteiger partial charge >= 0.3 is 0 Å². The van der Waals surface area contributed by atoms with Crippen LogP contribution >= 0.6 is 0 Å². The number of benzene rings is 2. The monoisotopic (exact) mass is 424 g/mol. The number of nitrogens with one attached hydrogen (secondary N) is 2. The molecule has 29 heavy (non-hydrogen) atoms. The Labute approximate surface area is 170 Å². The lowest BCUT2D eigenvalue weighted by molar-refractivity contribution is -0.123. The second-order valence-electron chi connectivity index (χ2n) is 6.50. The Balaban J connectivity index is 1.80. The first-order valence-corrected chi connectivity index (χ1v) is 10.6. The molecule has 2 aromatic carbocycles. The number of amides is 1. The van der Waals surface area contributed by atoms with Crippen LogP contribution in [-0.4, -0.2) is 40.2 Å². The van der Waals surface area contributed by atoms with Gasteiger partial charge in [-0.05, 0) is 68.8 Å². The summed E-state index contributed by atoms with van der Waals surface area (Å²) >= 11 is 0. The van der Waals surface area contributed by atoms with Gasteiger partial charge in [0.05, 0.1) is 11.0 Å². The highest BCUT2D eigenvalue weighted by molar-refractivity contribution is 7.92. The van der Waals surface area contributed by atoms with E-state index in [4.69, 9.17) is 9.47 Å². The summed E-state index contributed by atoms with van der Waals surface area (Å²) in [6.45, 7) is 4.77. The lowest BCUT2D eigenvalue weighted by atomic mass is 10.3. The maximum Gasteiger partial charge on any atom is 0.261 e. The van der Waals surface area contributed by atoms with Crippen molar-refractivity contribution < 1.29 is 27.1 Å². The topological polar surface area (TPSA) is 93.7 Å². The van der Waals surface area contributed by atoms with E-state index in [0.717, 1.165) is 12.1 Å². The minimum Gasteiger partial charge on any atom is -0.484 e. The largest absolute Gasteiger partial charge is 0.484 e. The minimum absolute atomic E-state index is 0.0174. The highest BCUT2D eigenvalue weighted by Crippen LogP contribution is 2.19. The van der Waals surface area contributed by atoms with Crippen LogP contribution in [0.4, 0.5) is 10.1 Å². The van der Waals surface area contributed by atoms with Crippen LogP contribution in [0.3, 0.4) is 0 Å². The molecule has 0 aliphatic carbocycles. The third kappa shape index (κ3) is 8.08. The van der Waals surface area contributed by atoms with E-state index in [0.29, 0.717) is 25.3 Å². The van der Waals surface area contributed by atoms with E-state index in [2.05, 4.69) is 10.0 Å². The van der Waals surface area contributed by atoms with Crippen LogP contribution in [-0.2, 0) is 19.6 Å². The van der Waals surface area contributed by atoms with Gasteiger partial charge in [-0.1, -0.05) is 0 Å². The molecule has 0 bridgehead atoms. The van der Waals surface area contributed by atoms with Crippen LogP contribution in [0, 0.1) is 5.82 Å². The third-order valence-corrected chi connectivity index (χ3v) is 5.09. The molecule has 0 aliphatic rings. The molecule has 0 atom stereocenters. The Morgan fingerprint density at radius 3 is 2.34 bits per heavy atom. The van der Waals surface area contributed by atoms with Crippen molar-refractivity contribution in [2.45, 2.75) is 31.3 Å². The molecule has 0 spiro atoms. The van der Waals surface area contributed by atoms with Crippen molar-refractivity contribution in [3.8, 4) is 5.75 Å². The highest BCUT2D eigenvalue weighted by Gasteiger charge is 2.14. The van der Waals surface area contributed by atoms with Gasteiger partial charge < -0.3 is 14.8 Å². The zero-order valence-corrected chi connectivity index (χ0v) is 17.2. The molecule has 0 aromatic heterocycles. The van der Waals surface area contributed by atoms with Crippen LogP contribution in [0.15, 0.2) is 53.4 Å². The number of carbonyl (C=O) groups is 1. The molecule has 1 amide bonds. The van der Waals surface area contributed by atoms with Crippen LogP contribution in [0.1, 0.15) is 20.3 Å². The Morgan fingerprint density at radius 1 is 1.07 bits per heavy atom. The fourth-order valence-corrected chi connectivity index (χ4v) is 3.32. The van der Waals surface area contributed by atoms with Gasteiger partial charge in [0.15, 0.2) is 6.61 Å². The molecule has 0 saturated carbocycles. The predicted molar refractivity (Wildman–Crippen MR) is 108 cm³/mol. The second kappa shape index (κ2) is 10.8. The fraction of sp³-hybridized carbons (Fsp3) is 0.350. The maximum absolute atomic E-state index is 12.9. The van der Waals surface area contributed by atoms with Crippen LogP contribution in [0.25, 0.3) is 0 Å². The molecule has 2 N–H and O–H groups in total. The smallest absolute Gasteiger partial charge is 0.261 e. The van der Waals surface area contributed by atoms with E-state index in [9.17, 15) is 17.6 Å². The SMILES string of the molecule is CC(C)OCCCNC(=O)COc1ccc(S(=O)(=O)Nc2ccc(F)cc2)cc1. The number of halogens is 1. The van der Waals surface area contributed by atoms with Crippen molar-refractivity contribution in [3.05, 3.63) is 54.3 Å². The molecule has 0 fully saturated rings. The van der Waals surface area contributed by atoms with E-state index in [-0.39, 0.29) is 29.2 Å². The van der Waals surface area contributed by atoms with Gasteiger partial charge in [0.1, 0.15) is 11.6 Å². The Bertz CT molecular complexity index is 884. The first-order chi connectivity index (χ1) is 13.8. The summed E-state index contributed by atoms with van der Waals surface area (Å²) in [5, 5.41) is 2.72. The number of anilines is 1. The van der Waals surface area contributed by atoms with Gasteiger partial charge in [0, 0.05) is 18.8 Å². The summed E-state index contributed by atoms with van der Waals surface area (Å²) in [6.07, 6.45) is 0.865. The van der Waals surface area contributed by atoms with Crippen molar-refractivity contribution >= 4 is 21.6 Å². The normalized spacial score (nSPS) is 11.3. The number of rotatable bonds is 11. The molecular formula is C20H25FN2O5S. The standard InChI is InChI=1S/C20H25FN2O5S/c1-15(2)27-13-3-12-22-20(24)14-28-18-8-10-19(11-9-18)29(25,26)23-17-6-4-16(21)5-7-17/h4-11,15,23H,3,12-14H2,1-2H3,(H,22,24). The van der Waals surface area contributed by atoms with Gasteiger partial charge in [0.2, 0.25) is 0 Å². The highest BCUT2D eigenvalue weighted by atomic mass is 32.2. The van der Waals surface area contributed by atoms with E-state index in [1.165, 1.54) is 36.4 Å². The van der Waals surface area contributed by atoms with Crippen molar-refractivity contribution in [1.29, 1.82) is 0 Å². The number of hydrogen-bond acceptors (Lipinski definition) is 5. The first kappa shape index (κ1) is 22.6. The molecule has 7 nitrogen and oxygen atoms in total. The molecule has 2 aromatic rings. The number of carbonyl (C=O) groups excluding carboxylic acids is 1. The predicted octanol–water partition coefficient (Wildman–Crippen LogP) is 2.94. The van der Waals surface area contributed by atoms with E-state index in [1.54, 1.807) is 0 Å². The Kier molecular flexibility index (Phi) is 8.41. The molecule has 0 radical (unpaired) electrons. The molecule has 9 heteroatoms. The average molecular weight is 424 g/mol. The van der Waals surface area contributed by atoms with E-state index >= 15 is 0 Å². The van der Waals surface area contributed by atoms with Crippen molar-refractivity contribution in [2.75, 3.05) is 24.5 Å². The van der Waals surface area contributed by atoms with Gasteiger partial charge in [0.25, 0.3) is 15.9 Å². The third-order valence-electron chi connectivity index (χ3n) is 3.69. The molecule has 0 unspecified atom stereocenters. The van der Waals surface area contributed by atoms with E-state index < -0.39 is 15.8 Å². The van der Waals surface area contributed by atoms with Gasteiger partial charge in [-0.3, -0.25) is 9.52 Å². The summed E-state index contributed by atoms with van der Waals surface area (Å²) < 4.78 is 50.7. The molecule has 0 aliphatic heterocycles. The second-order valence-corrected chi connectivity index (χ2v) is 8.18. The zero-order chi connectivity index (χ0) is 21.3. The van der Waals surface area contributed by atoms with Crippen molar-refractivity contribution in [2.24, 2.45) is 0 Å². The minimum atomic E-state index is -3.82. The van der Waals surface area contributed by atoms with Crippen molar-refractivity contribution in [1.82, 2.24) is 5.32 Å². The van der Waals surface area contributed by atoms with Gasteiger partial charge in [-0.15, -0.1) is 0 Å². The van der Waals surface area contributed by atoms with Crippen LogP contribution < -0.4 is 14.8 Å². The zero-order valence-electron chi connectivity index (χ0n) is 16.4. The summed E-state index contributed by atoms with van der Waals surface area (Å²) in [6, 6.07) is 10.6. The average Bonchev–Trinajstić information content (AvgIpc) is 2.68. The quantitative estimate of drug-likeness (QED) is 0.541. The maximum atomic E-state index is 12.9.